The lowest BCUT2D eigenvalue weighted by atomic mass is 9.98. The van der Waals surface area contributed by atoms with Gasteiger partial charge in [-0.25, -0.2) is 4.79 Å². The van der Waals surface area contributed by atoms with Gasteiger partial charge in [0, 0.05) is 5.56 Å². The Morgan fingerprint density at radius 2 is 1.67 bits per heavy atom. The van der Waals surface area contributed by atoms with Crippen molar-refractivity contribution in [3.63, 3.8) is 0 Å². The van der Waals surface area contributed by atoms with Gasteiger partial charge in [0.15, 0.2) is 0 Å². The molecule has 1 N–H and O–H groups in total. The lowest BCUT2D eigenvalue weighted by molar-refractivity contribution is -0.154. The van der Waals surface area contributed by atoms with Gasteiger partial charge in [-0.05, 0) is 30.2 Å². The Bertz CT molecular complexity index is 820. The van der Waals surface area contributed by atoms with E-state index in [4.69, 9.17) is 9.15 Å². The first kappa shape index (κ1) is 16.0. The lowest BCUT2D eigenvalue weighted by Gasteiger charge is -2.09. The maximum Gasteiger partial charge on any atom is 0.342 e. The van der Waals surface area contributed by atoms with Gasteiger partial charge in [-0.2, -0.15) is 0 Å². The molecule has 0 spiro atoms. The molecule has 0 aliphatic carbocycles. The van der Waals surface area contributed by atoms with Crippen LogP contribution in [0.3, 0.4) is 0 Å². The van der Waals surface area contributed by atoms with E-state index in [2.05, 4.69) is 0 Å². The molecule has 0 bridgehead atoms. The van der Waals surface area contributed by atoms with E-state index in [9.17, 15) is 9.90 Å². The van der Waals surface area contributed by atoms with Gasteiger partial charge in [-0.15, -0.1) is 0 Å². The van der Waals surface area contributed by atoms with Crippen molar-refractivity contribution in [3.05, 3.63) is 72.5 Å². The summed E-state index contributed by atoms with van der Waals surface area (Å²) in [7, 11) is 0. The number of hydrogen-bond donors (Lipinski definition) is 1. The summed E-state index contributed by atoms with van der Waals surface area (Å²) in [5, 5.41) is 10.00. The summed E-state index contributed by atoms with van der Waals surface area (Å²) in [6, 6.07) is 21.1. The first-order valence-corrected chi connectivity index (χ1v) is 7.80. The summed E-state index contributed by atoms with van der Waals surface area (Å²) in [5.74, 6) is 0.0499. The molecule has 1 atom stereocenters. The van der Waals surface area contributed by atoms with Crippen molar-refractivity contribution < 1.29 is 19.1 Å². The average Bonchev–Trinajstić information content (AvgIpc) is 3.12. The quantitative estimate of drug-likeness (QED) is 0.715. The molecule has 122 valence electrons. The molecule has 0 aliphatic rings. The molecule has 0 aliphatic heterocycles. The Balaban J connectivity index is 1.96. The predicted molar refractivity (Wildman–Crippen MR) is 91.2 cm³/mol. The van der Waals surface area contributed by atoms with Gasteiger partial charge in [0.1, 0.15) is 11.5 Å². The zero-order valence-electron chi connectivity index (χ0n) is 13.3. The van der Waals surface area contributed by atoms with Gasteiger partial charge >= 0.3 is 5.97 Å². The van der Waals surface area contributed by atoms with Gasteiger partial charge in [0.25, 0.3) is 0 Å². The molecule has 0 radical (unpaired) electrons. The van der Waals surface area contributed by atoms with E-state index in [1.807, 2.05) is 54.6 Å². The molecule has 1 heterocycles. The predicted octanol–water partition coefficient (Wildman–Crippen LogP) is 4.21. The summed E-state index contributed by atoms with van der Waals surface area (Å²) >= 11 is 0. The zero-order valence-corrected chi connectivity index (χ0v) is 13.3. The Hall–Kier alpha value is -2.85. The minimum absolute atomic E-state index is 0.173. The summed E-state index contributed by atoms with van der Waals surface area (Å²) < 4.78 is 10.5. The van der Waals surface area contributed by atoms with E-state index in [0.29, 0.717) is 5.76 Å². The molecule has 1 unspecified atom stereocenters. The third-order valence-corrected chi connectivity index (χ3v) is 3.68. The minimum Gasteiger partial charge on any atom is -0.464 e. The van der Waals surface area contributed by atoms with Gasteiger partial charge in [0.2, 0.25) is 6.10 Å². The molecule has 3 rings (SSSR count). The van der Waals surface area contributed by atoms with Crippen LogP contribution in [0.15, 0.2) is 71.1 Å². The number of esters is 1. The van der Waals surface area contributed by atoms with Crippen LogP contribution in [0, 0.1) is 0 Å². The standard InChI is InChI=1S/C20H18O4/c1-2-23-20(22)19(21)18-13-12-17(24-18)16-11-7-6-10-15(16)14-8-4-3-5-9-14/h3-13,19,21H,2H2,1H3. The highest BCUT2D eigenvalue weighted by Crippen LogP contribution is 2.34. The second-order valence-corrected chi connectivity index (χ2v) is 5.27. The van der Waals surface area contributed by atoms with Crippen molar-refractivity contribution in [2.75, 3.05) is 6.61 Å². The number of rotatable bonds is 5. The molecule has 0 amide bonds. The molecule has 0 saturated heterocycles. The highest BCUT2D eigenvalue weighted by molar-refractivity contribution is 5.81. The molecular formula is C20H18O4. The molecule has 24 heavy (non-hydrogen) atoms. The lowest BCUT2D eigenvalue weighted by Crippen LogP contribution is -2.14. The molecule has 0 saturated carbocycles. The van der Waals surface area contributed by atoms with Crippen LogP contribution in [0.5, 0.6) is 0 Å². The number of benzene rings is 2. The average molecular weight is 322 g/mol. The van der Waals surface area contributed by atoms with Crippen LogP contribution in [-0.2, 0) is 9.53 Å². The minimum atomic E-state index is -1.41. The summed E-state index contributed by atoms with van der Waals surface area (Å²) in [5.41, 5.74) is 2.98. The van der Waals surface area contributed by atoms with Gasteiger partial charge in [0.05, 0.1) is 6.61 Å². The topological polar surface area (TPSA) is 59.7 Å². The Kier molecular flexibility index (Phi) is 4.77. The third-order valence-electron chi connectivity index (χ3n) is 3.68. The highest BCUT2D eigenvalue weighted by Gasteiger charge is 2.23. The monoisotopic (exact) mass is 322 g/mol. The zero-order chi connectivity index (χ0) is 16.9. The van der Waals surface area contributed by atoms with Crippen LogP contribution < -0.4 is 0 Å². The SMILES string of the molecule is CCOC(=O)C(O)c1ccc(-c2ccccc2-c2ccccc2)o1. The van der Waals surface area contributed by atoms with Crippen molar-refractivity contribution in [1.82, 2.24) is 0 Å². The van der Waals surface area contributed by atoms with E-state index in [-0.39, 0.29) is 12.4 Å². The fourth-order valence-electron chi connectivity index (χ4n) is 2.55. The third kappa shape index (κ3) is 3.24. The molecule has 0 fully saturated rings. The highest BCUT2D eigenvalue weighted by atomic mass is 16.5. The molecular weight excluding hydrogens is 304 g/mol. The Labute approximate surface area is 140 Å². The van der Waals surface area contributed by atoms with Crippen LogP contribution in [0.2, 0.25) is 0 Å². The van der Waals surface area contributed by atoms with Crippen molar-refractivity contribution >= 4 is 5.97 Å². The van der Waals surface area contributed by atoms with Crippen LogP contribution in [0.25, 0.3) is 22.5 Å². The number of carbonyl (C=O) groups excluding carboxylic acids is 1. The van der Waals surface area contributed by atoms with E-state index >= 15 is 0 Å². The fraction of sp³-hybridized carbons (Fsp3) is 0.150. The fourth-order valence-corrected chi connectivity index (χ4v) is 2.55. The molecule has 1 aromatic heterocycles. The number of aliphatic hydroxyl groups excluding tert-OH is 1. The van der Waals surface area contributed by atoms with Crippen molar-refractivity contribution in [2.24, 2.45) is 0 Å². The van der Waals surface area contributed by atoms with Crippen molar-refractivity contribution in [2.45, 2.75) is 13.0 Å². The number of ether oxygens (including phenoxy) is 1. The van der Waals surface area contributed by atoms with E-state index in [1.54, 1.807) is 19.1 Å². The van der Waals surface area contributed by atoms with E-state index in [0.717, 1.165) is 16.7 Å². The van der Waals surface area contributed by atoms with Gasteiger partial charge < -0.3 is 14.3 Å². The van der Waals surface area contributed by atoms with Crippen LogP contribution in [0.4, 0.5) is 0 Å². The number of aliphatic hydroxyl groups is 1. The summed E-state index contributed by atoms with van der Waals surface area (Å²) in [6.45, 7) is 1.90. The smallest absolute Gasteiger partial charge is 0.342 e. The number of hydrogen-bond acceptors (Lipinski definition) is 4. The molecule has 4 nitrogen and oxygen atoms in total. The first-order valence-electron chi connectivity index (χ1n) is 7.80. The normalized spacial score (nSPS) is 11.9. The van der Waals surface area contributed by atoms with Crippen LogP contribution in [0.1, 0.15) is 18.8 Å². The summed E-state index contributed by atoms with van der Waals surface area (Å²) in [4.78, 5) is 11.6. The molecule has 4 heteroatoms. The van der Waals surface area contributed by atoms with E-state index in [1.165, 1.54) is 0 Å². The second kappa shape index (κ2) is 7.15. The first-order chi connectivity index (χ1) is 11.7. The Morgan fingerprint density at radius 3 is 2.38 bits per heavy atom. The maximum absolute atomic E-state index is 11.6. The Morgan fingerprint density at radius 1 is 1.00 bits per heavy atom. The summed E-state index contributed by atoms with van der Waals surface area (Å²) in [6.07, 6.45) is -1.41. The number of carbonyl (C=O) groups is 1. The van der Waals surface area contributed by atoms with Crippen LogP contribution in [-0.4, -0.2) is 17.7 Å². The maximum atomic E-state index is 11.6. The van der Waals surface area contributed by atoms with Crippen molar-refractivity contribution in [1.29, 1.82) is 0 Å². The largest absolute Gasteiger partial charge is 0.464 e. The van der Waals surface area contributed by atoms with Gasteiger partial charge in [-0.1, -0.05) is 54.6 Å². The number of furan rings is 1. The van der Waals surface area contributed by atoms with Crippen LogP contribution >= 0.6 is 0 Å². The van der Waals surface area contributed by atoms with Gasteiger partial charge in [-0.3, -0.25) is 0 Å². The second-order valence-electron chi connectivity index (χ2n) is 5.27. The van der Waals surface area contributed by atoms with E-state index < -0.39 is 12.1 Å². The molecule has 3 aromatic rings. The van der Waals surface area contributed by atoms with Crippen molar-refractivity contribution in [3.8, 4) is 22.5 Å². The molecule has 2 aromatic carbocycles.